The van der Waals surface area contributed by atoms with Crippen LogP contribution in [-0.4, -0.2) is 54.0 Å². The molecule has 3 unspecified atom stereocenters. The Morgan fingerprint density at radius 1 is 1.09 bits per heavy atom. The molecule has 0 bridgehead atoms. The normalized spacial score (nSPS) is 27.7. The van der Waals surface area contributed by atoms with Gasteiger partial charge in [-0.1, -0.05) is 36.8 Å². The number of rotatable bonds is 3. The monoisotopic (exact) mass is 315 g/mol. The minimum absolute atomic E-state index is 0.139. The summed E-state index contributed by atoms with van der Waals surface area (Å²) in [5, 5.41) is 3.34. The fraction of sp³-hybridized carbons (Fsp3) is 0.632. The van der Waals surface area contributed by atoms with Crippen LogP contribution in [0.2, 0.25) is 0 Å². The van der Waals surface area contributed by atoms with Gasteiger partial charge >= 0.3 is 0 Å². The molecular formula is C19H29N3O. The third-order valence-corrected chi connectivity index (χ3v) is 5.34. The lowest BCUT2D eigenvalue weighted by atomic mass is 9.92. The number of carbonyl (C=O) groups excluding carboxylic acids is 1. The number of nitrogens with one attached hydrogen (secondary N) is 1. The molecule has 1 aromatic rings. The summed E-state index contributed by atoms with van der Waals surface area (Å²) >= 11 is 0. The summed E-state index contributed by atoms with van der Waals surface area (Å²) < 4.78 is 0. The van der Waals surface area contributed by atoms with Crippen LogP contribution in [0.5, 0.6) is 0 Å². The fourth-order valence-electron chi connectivity index (χ4n) is 4.09. The fourth-order valence-corrected chi connectivity index (χ4v) is 4.09. The Morgan fingerprint density at radius 2 is 1.70 bits per heavy atom. The van der Waals surface area contributed by atoms with E-state index in [1.165, 1.54) is 19.3 Å². The highest BCUT2D eigenvalue weighted by molar-refractivity contribution is 5.83. The first kappa shape index (κ1) is 16.5. The first-order valence-electron chi connectivity index (χ1n) is 9.00. The maximum absolute atomic E-state index is 13.3. The molecule has 0 spiro atoms. The zero-order chi connectivity index (χ0) is 16.2. The lowest BCUT2D eigenvalue weighted by Gasteiger charge is -2.45. The van der Waals surface area contributed by atoms with Gasteiger partial charge in [0.2, 0.25) is 5.91 Å². The molecule has 1 N–H and O–H groups in total. The number of piperidine rings is 1. The third kappa shape index (κ3) is 3.59. The molecule has 0 saturated carbocycles. The number of hydrogen-bond donors (Lipinski definition) is 1. The van der Waals surface area contributed by atoms with E-state index in [1.54, 1.807) is 0 Å². The van der Waals surface area contributed by atoms with E-state index in [-0.39, 0.29) is 11.9 Å². The molecule has 3 rings (SSSR count). The van der Waals surface area contributed by atoms with Gasteiger partial charge in [0.15, 0.2) is 0 Å². The second-order valence-corrected chi connectivity index (χ2v) is 6.96. The minimum atomic E-state index is -0.139. The van der Waals surface area contributed by atoms with Crippen LogP contribution < -0.4 is 5.32 Å². The molecule has 2 saturated heterocycles. The van der Waals surface area contributed by atoms with Gasteiger partial charge in [-0.15, -0.1) is 0 Å². The molecule has 3 atom stereocenters. The first-order valence-corrected chi connectivity index (χ1v) is 9.00. The summed E-state index contributed by atoms with van der Waals surface area (Å²) in [6.45, 7) is 7.99. The molecule has 4 nitrogen and oxygen atoms in total. The molecule has 0 aromatic heterocycles. The van der Waals surface area contributed by atoms with E-state index in [2.05, 4.69) is 36.2 Å². The van der Waals surface area contributed by atoms with E-state index in [1.807, 2.05) is 23.1 Å². The maximum atomic E-state index is 13.3. The van der Waals surface area contributed by atoms with Crippen LogP contribution in [0.1, 0.15) is 44.7 Å². The molecule has 4 heteroatoms. The van der Waals surface area contributed by atoms with Crippen LogP contribution in [0.3, 0.4) is 0 Å². The first-order chi connectivity index (χ1) is 11.2. The molecule has 1 aromatic carbocycles. The quantitative estimate of drug-likeness (QED) is 0.930. The highest BCUT2D eigenvalue weighted by Gasteiger charge is 2.38. The highest BCUT2D eigenvalue weighted by Crippen LogP contribution is 2.33. The zero-order valence-corrected chi connectivity index (χ0v) is 14.4. The molecule has 0 aliphatic carbocycles. The van der Waals surface area contributed by atoms with Crippen LogP contribution in [0.4, 0.5) is 0 Å². The Labute approximate surface area is 139 Å². The van der Waals surface area contributed by atoms with E-state index in [4.69, 9.17) is 0 Å². The van der Waals surface area contributed by atoms with Gasteiger partial charge < -0.3 is 10.2 Å². The van der Waals surface area contributed by atoms with E-state index >= 15 is 0 Å². The van der Waals surface area contributed by atoms with Crippen LogP contribution in [-0.2, 0) is 4.79 Å². The summed E-state index contributed by atoms with van der Waals surface area (Å²) in [6.07, 6.45) is 3.63. The Morgan fingerprint density at radius 3 is 2.30 bits per heavy atom. The molecule has 126 valence electrons. The smallest absolute Gasteiger partial charge is 0.244 e. The third-order valence-electron chi connectivity index (χ3n) is 5.34. The predicted molar refractivity (Wildman–Crippen MR) is 93.2 cm³/mol. The number of amides is 1. The van der Waals surface area contributed by atoms with E-state index < -0.39 is 0 Å². The SMILES string of the molecule is CC1CCCC(C)N1C(C(=O)N1CCNCC1)c1ccccc1. The summed E-state index contributed by atoms with van der Waals surface area (Å²) in [7, 11) is 0. The van der Waals surface area contributed by atoms with Crippen molar-refractivity contribution in [3.05, 3.63) is 35.9 Å². The standard InChI is InChI=1S/C19H29N3O/c1-15-7-6-8-16(2)22(15)18(17-9-4-3-5-10-17)19(23)21-13-11-20-12-14-21/h3-5,9-10,15-16,18,20H,6-8,11-14H2,1-2H3. The van der Waals surface area contributed by atoms with Crippen LogP contribution in [0.15, 0.2) is 30.3 Å². The predicted octanol–water partition coefficient (Wildman–Crippen LogP) is 2.42. The molecule has 1 amide bonds. The van der Waals surface area contributed by atoms with Crippen molar-refractivity contribution in [3.63, 3.8) is 0 Å². The molecule has 2 aliphatic heterocycles. The number of likely N-dealkylation sites (tertiary alicyclic amines) is 1. The topological polar surface area (TPSA) is 35.6 Å². The van der Waals surface area contributed by atoms with Gasteiger partial charge in [0, 0.05) is 38.3 Å². The summed E-state index contributed by atoms with van der Waals surface area (Å²) in [5.74, 6) is 0.276. The zero-order valence-electron chi connectivity index (χ0n) is 14.4. The van der Waals surface area contributed by atoms with Gasteiger partial charge in [-0.05, 0) is 32.3 Å². The largest absolute Gasteiger partial charge is 0.338 e. The van der Waals surface area contributed by atoms with Crippen LogP contribution >= 0.6 is 0 Å². The van der Waals surface area contributed by atoms with E-state index in [0.717, 1.165) is 31.7 Å². The van der Waals surface area contributed by atoms with Gasteiger partial charge in [-0.2, -0.15) is 0 Å². The van der Waals surface area contributed by atoms with Crippen molar-refractivity contribution in [2.45, 2.75) is 51.2 Å². The Hall–Kier alpha value is -1.39. The molecule has 2 fully saturated rings. The maximum Gasteiger partial charge on any atom is 0.244 e. The van der Waals surface area contributed by atoms with E-state index in [9.17, 15) is 4.79 Å². The van der Waals surface area contributed by atoms with Crippen LogP contribution in [0.25, 0.3) is 0 Å². The lowest BCUT2D eigenvalue weighted by Crippen LogP contribution is -2.54. The van der Waals surface area contributed by atoms with Crippen molar-refractivity contribution in [1.29, 1.82) is 0 Å². The second-order valence-electron chi connectivity index (χ2n) is 6.96. The molecular weight excluding hydrogens is 286 g/mol. The summed E-state index contributed by atoms with van der Waals surface area (Å²) in [6, 6.07) is 11.1. The van der Waals surface area contributed by atoms with Crippen molar-refractivity contribution < 1.29 is 4.79 Å². The Kier molecular flexibility index (Phi) is 5.34. The highest BCUT2D eigenvalue weighted by atomic mass is 16.2. The number of nitrogens with zero attached hydrogens (tertiary/aromatic N) is 2. The van der Waals surface area contributed by atoms with Crippen molar-refractivity contribution in [1.82, 2.24) is 15.1 Å². The van der Waals surface area contributed by atoms with Crippen molar-refractivity contribution in [2.24, 2.45) is 0 Å². The van der Waals surface area contributed by atoms with Crippen molar-refractivity contribution in [2.75, 3.05) is 26.2 Å². The number of hydrogen-bond acceptors (Lipinski definition) is 3. The van der Waals surface area contributed by atoms with Crippen LogP contribution in [0, 0.1) is 0 Å². The van der Waals surface area contributed by atoms with Crippen molar-refractivity contribution in [3.8, 4) is 0 Å². The van der Waals surface area contributed by atoms with Gasteiger partial charge in [0.25, 0.3) is 0 Å². The lowest BCUT2D eigenvalue weighted by molar-refractivity contribution is -0.141. The Bertz CT molecular complexity index is 503. The molecule has 2 heterocycles. The average molecular weight is 315 g/mol. The van der Waals surface area contributed by atoms with Gasteiger partial charge in [-0.25, -0.2) is 0 Å². The number of carbonyl (C=O) groups is 1. The molecule has 0 radical (unpaired) electrons. The number of piperazine rings is 1. The average Bonchev–Trinajstić information content (AvgIpc) is 2.59. The Balaban J connectivity index is 1.91. The summed E-state index contributed by atoms with van der Waals surface area (Å²) in [5.41, 5.74) is 1.14. The van der Waals surface area contributed by atoms with Crippen molar-refractivity contribution >= 4 is 5.91 Å². The molecule has 23 heavy (non-hydrogen) atoms. The summed E-state index contributed by atoms with van der Waals surface area (Å²) in [4.78, 5) is 17.9. The second kappa shape index (κ2) is 7.45. The van der Waals surface area contributed by atoms with Gasteiger partial charge in [0.1, 0.15) is 6.04 Å². The molecule has 2 aliphatic rings. The van der Waals surface area contributed by atoms with E-state index in [0.29, 0.717) is 12.1 Å². The number of benzene rings is 1. The minimum Gasteiger partial charge on any atom is -0.338 e. The van der Waals surface area contributed by atoms with Gasteiger partial charge in [-0.3, -0.25) is 9.69 Å². The van der Waals surface area contributed by atoms with Gasteiger partial charge in [0.05, 0.1) is 0 Å².